The second kappa shape index (κ2) is 9.01. The van der Waals surface area contributed by atoms with Crippen molar-refractivity contribution >= 4 is 11.0 Å². The maximum atomic E-state index is 13.8. The Morgan fingerprint density at radius 2 is 1.79 bits per heavy atom. The van der Waals surface area contributed by atoms with Crippen LogP contribution in [0, 0.1) is 0 Å². The van der Waals surface area contributed by atoms with Gasteiger partial charge in [-0.1, -0.05) is 30.7 Å². The molecule has 0 unspecified atom stereocenters. The number of hydrogen-bond acceptors (Lipinski definition) is 3. The molecule has 1 fully saturated rings. The lowest BCUT2D eigenvalue weighted by Crippen LogP contribution is -2.31. The fourth-order valence-electron chi connectivity index (χ4n) is 4.27. The molecule has 1 aliphatic heterocycles. The molecular weight excluding hydrogens is 370 g/mol. The number of rotatable bonds is 7. The summed E-state index contributed by atoms with van der Waals surface area (Å²) >= 11 is 0. The van der Waals surface area contributed by atoms with Crippen LogP contribution in [0.1, 0.15) is 43.2 Å². The van der Waals surface area contributed by atoms with Crippen molar-refractivity contribution in [3.8, 4) is 11.4 Å². The highest BCUT2D eigenvalue weighted by molar-refractivity contribution is 5.81. The SMILES string of the molecule is NCc1ccc(-c2nc3ccccc3n2CCCN2CCCCC2)c(C(F)F)c1. The maximum Gasteiger partial charge on any atom is 0.264 e. The van der Waals surface area contributed by atoms with Crippen LogP contribution < -0.4 is 5.73 Å². The van der Waals surface area contributed by atoms with Crippen LogP contribution in [0.5, 0.6) is 0 Å². The highest BCUT2D eigenvalue weighted by atomic mass is 19.3. The number of nitrogens with zero attached hydrogens (tertiary/aromatic N) is 3. The van der Waals surface area contributed by atoms with Gasteiger partial charge in [-0.2, -0.15) is 0 Å². The van der Waals surface area contributed by atoms with Crippen LogP contribution in [-0.4, -0.2) is 34.1 Å². The molecule has 2 aromatic carbocycles. The molecular formula is C23H28F2N4. The van der Waals surface area contributed by atoms with Gasteiger partial charge in [0.05, 0.1) is 11.0 Å². The van der Waals surface area contributed by atoms with Crippen LogP contribution in [0.15, 0.2) is 42.5 Å². The van der Waals surface area contributed by atoms with E-state index in [1.807, 2.05) is 30.3 Å². The van der Waals surface area contributed by atoms with Crippen LogP contribution >= 0.6 is 0 Å². The zero-order valence-electron chi connectivity index (χ0n) is 16.7. The van der Waals surface area contributed by atoms with Crippen molar-refractivity contribution in [2.45, 2.75) is 45.2 Å². The number of alkyl halides is 2. The Kier molecular flexibility index (Phi) is 6.21. The fourth-order valence-corrected chi connectivity index (χ4v) is 4.27. The number of imidazole rings is 1. The van der Waals surface area contributed by atoms with Crippen molar-refractivity contribution in [1.29, 1.82) is 0 Å². The van der Waals surface area contributed by atoms with Crippen LogP contribution in [-0.2, 0) is 13.1 Å². The Hall–Kier alpha value is -2.31. The highest BCUT2D eigenvalue weighted by Gasteiger charge is 2.20. The summed E-state index contributed by atoms with van der Waals surface area (Å²) in [6, 6.07) is 12.9. The molecule has 0 atom stereocenters. The number of likely N-dealkylation sites (tertiary alicyclic amines) is 1. The Balaban J connectivity index is 1.68. The van der Waals surface area contributed by atoms with Gasteiger partial charge >= 0.3 is 0 Å². The van der Waals surface area contributed by atoms with Crippen molar-refractivity contribution in [3.63, 3.8) is 0 Å². The summed E-state index contributed by atoms with van der Waals surface area (Å²) in [5, 5.41) is 0. The van der Waals surface area contributed by atoms with Crippen molar-refractivity contribution in [3.05, 3.63) is 53.6 Å². The van der Waals surface area contributed by atoms with E-state index in [9.17, 15) is 8.78 Å². The van der Waals surface area contributed by atoms with E-state index in [1.54, 1.807) is 6.07 Å². The summed E-state index contributed by atoms with van der Waals surface area (Å²) in [6.07, 6.45) is 2.26. The fraction of sp³-hybridized carbons (Fsp3) is 0.435. The van der Waals surface area contributed by atoms with Gasteiger partial charge in [0.15, 0.2) is 0 Å². The summed E-state index contributed by atoms with van der Waals surface area (Å²) in [6.45, 7) is 4.35. The van der Waals surface area contributed by atoms with Crippen molar-refractivity contribution < 1.29 is 8.78 Å². The predicted molar refractivity (Wildman–Crippen MR) is 113 cm³/mol. The molecule has 1 aliphatic rings. The number of benzene rings is 2. The maximum absolute atomic E-state index is 13.8. The van der Waals surface area contributed by atoms with Gasteiger partial charge in [0, 0.05) is 24.2 Å². The minimum atomic E-state index is -2.57. The standard InChI is InChI=1S/C23H28F2N4/c24-22(25)19-15-17(16-26)9-10-18(19)23-27-20-7-2-3-8-21(20)29(23)14-6-13-28-11-4-1-5-12-28/h2-3,7-10,15,22H,1,4-6,11-14,16,26H2. The van der Waals surface area contributed by atoms with Crippen molar-refractivity contribution in [2.24, 2.45) is 5.73 Å². The molecule has 1 aromatic heterocycles. The molecule has 0 spiro atoms. The first-order valence-electron chi connectivity index (χ1n) is 10.5. The zero-order chi connectivity index (χ0) is 20.2. The molecule has 4 nitrogen and oxygen atoms in total. The Bertz CT molecular complexity index is 961. The average molecular weight is 399 g/mol. The third-order valence-corrected chi connectivity index (χ3v) is 5.79. The van der Waals surface area contributed by atoms with E-state index < -0.39 is 6.43 Å². The molecule has 0 aliphatic carbocycles. The zero-order valence-corrected chi connectivity index (χ0v) is 16.7. The molecule has 2 heterocycles. The Morgan fingerprint density at radius 1 is 1.00 bits per heavy atom. The number of piperidine rings is 1. The number of aryl methyl sites for hydroxylation is 1. The predicted octanol–water partition coefficient (Wildman–Crippen LogP) is 4.98. The number of fused-ring (bicyclic) bond motifs is 1. The van der Waals surface area contributed by atoms with Gasteiger partial charge in [0.2, 0.25) is 0 Å². The summed E-state index contributed by atoms with van der Waals surface area (Å²) in [7, 11) is 0. The average Bonchev–Trinajstić information content (AvgIpc) is 3.12. The Morgan fingerprint density at radius 3 is 2.55 bits per heavy atom. The molecule has 2 N–H and O–H groups in total. The molecule has 4 rings (SSSR count). The van der Waals surface area contributed by atoms with Crippen LogP contribution in [0.2, 0.25) is 0 Å². The molecule has 0 amide bonds. The molecule has 3 aromatic rings. The normalized spacial score (nSPS) is 15.4. The first-order chi connectivity index (χ1) is 14.2. The summed E-state index contributed by atoms with van der Waals surface area (Å²) in [4.78, 5) is 7.23. The van der Waals surface area contributed by atoms with E-state index in [1.165, 1.54) is 25.3 Å². The van der Waals surface area contributed by atoms with Gasteiger partial charge in [-0.3, -0.25) is 0 Å². The van der Waals surface area contributed by atoms with Gasteiger partial charge in [0.25, 0.3) is 6.43 Å². The minimum absolute atomic E-state index is 0.000497. The summed E-state index contributed by atoms with van der Waals surface area (Å²) in [5.74, 6) is 0.615. The van der Waals surface area contributed by atoms with Gasteiger partial charge in [0.1, 0.15) is 5.82 Å². The van der Waals surface area contributed by atoms with E-state index in [4.69, 9.17) is 10.7 Å². The number of nitrogens with two attached hydrogens (primary N) is 1. The molecule has 1 saturated heterocycles. The highest BCUT2D eigenvalue weighted by Crippen LogP contribution is 2.33. The number of aromatic nitrogens is 2. The monoisotopic (exact) mass is 398 g/mol. The molecule has 6 heteroatoms. The van der Waals surface area contributed by atoms with E-state index in [0.29, 0.717) is 17.0 Å². The minimum Gasteiger partial charge on any atom is -0.326 e. The van der Waals surface area contributed by atoms with Gasteiger partial charge < -0.3 is 15.2 Å². The summed E-state index contributed by atoms with van der Waals surface area (Å²) < 4.78 is 29.8. The molecule has 154 valence electrons. The molecule has 0 radical (unpaired) electrons. The quantitative estimate of drug-likeness (QED) is 0.611. The van der Waals surface area contributed by atoms with Crippen LogP contribution in [0.4, 0.5) is 8.78 Å². The second-order valence-corrected chi connectivity index (χ2v) is 7.76. The van der Waals surface area contributed by atoms with Gasteiger partial charge in [-0.15, -0.1) is 0 Å². The van der Waals surface area contributed by atoms with Crippen LogP contribution in [0.25, 0.3) is 22.4 Å². The smallest absolute Gasteiger partial charge is 0.264 e. The number of halogens is 2. The van der Waals surface area contributed by atoms with Crippen molar-refractivity contribution in [1.82, 2.24) is 14.5 Å². The summed E-state index contributed by atoms with van der Waals surface area (Å²) in [5.41, 5.74) is 8.69. The first-order valence-corrected chi connectivity index (χ1v) is 10.5. The Labute approximate surface area is 170 Å². The largest absolute Gasteiger partial charge is 0.326 e. The third kappa shape index (κ3) is 4.33. The molecule has 0 saturated carbocycles. The number of hydrogen-bond donors (Lipinski definition) is 1. The second-order valence-electron chi connectivity index (χ2n) is 7.76. The van der Waals surface area contributed by atoms with Gasteiger partial charge in [-0.05, 0) is 62.7 Å². The lowest BCUT2D eigenvalue weighted by Gasteiger charge is -2.26. The van der Waals surface area contributed by atoms with E-state index in [0.717, 1.165) is 43.6 Å². The lowest BCUT2D eigenvalue weighted by molar-refractivity contribution is 0.152. The van der Waals surface area contributed by atoms with E-state index in [-0.39, 0.29) is 12.1 Å². The van der Waals surface area contributed by atoms with Gasteiger partial charge in [-0.25, -0.2) is 13.8 Å². The van der Waals surface area contributed by atoms with E-state index >= 15 is 0 Å². The van der Waals surface area contributed by atoms with Crippen molar-refractivity contribution in [2.75, 3.05) is 19.6 Å². The lowest BCUT2D eigenvalue weighted by atomic mass is 10.0. The molecule has 29 heavy (non-hydrogen) atoms. The first kappa shape index (κ1) is 20.0. The number of para-hydroxylation sites is 2. The topological polar surface area (TPSA) is 47.1 Å². The third-order valence-electron chi connectivity index (χ3n) is 5.79. The van der Waals surface area contributed by atoms with E-state index in [2.05, 4.69) is 9.47 Å². The van der Waals surface area contributed by atoms with Crippen LogP contribution in [0.3, 0.4) is 0 Å². The molecule has 0 bridgehead atoms.